The Morgan fingerprint density at radius 3 is 2.35 bits per heavy atom. The largest absolute Gasteiger partial charge is 0.497 e. The molecule has 0 radical (unpaired) electrons. The molecule has 1 fully saturated rings. The molecule has 0 bridgehead atoms. The summed E-state index contributed by atoms with van der Waals surface area (Å²) in [5.74, 6) is -0.0698. The third-order valence-electron chi connectivity index (χ3n) is 5.41. The van der Waals surface area contributed by atoms with E-state index in [0.717, 1.165) is 11.1 Å². The van der Waals surface area contributed by atoms with Crippen molar-refractivity contribution in [1.29, 1.82) is 5.26 Å². The van der Waals surface area contributed by atoms with E-state index in [1.807, 2.05) is 55.5 Å². The summed E-state index contributed by atoms with van der Waals surface area (Å²) in [6.07, 6.45) is 0.495. The van der Waals surface area contributed by atoms with Crippen LogP contribution in [0.3, 0.4) is 0 Å². The van der Waals surface area contributed by atoms with Crippen LogP contribution in [-0.4, -0.2) is 24.2 Å². The number of thioether (sulfide) groups is 1. The predicted molar refractivity (Wildman–Crippen MR) is 134 cm³/mol. The maximum atomic E-state index is 13.5. The van der Waals surface area contributed by atoms with Crippen molar-refractivity contribution in [2.24, 2.45) is 0 Å². The first-order valence-corrected chi connectivity index (χ1v) is 11.6. The Hall–Kier alpha value is -4.02. The van der Waals surface area contributed by atoms with Crippen LogP contribution >= 0.6 is 11.8 Å². The molecule has 4 rings (SSSR count). The number of rotatable bonds is 6. The number of methoxy groups -OCH3 is 1. The highest BCUT2D eigenvalue weighted by Crippen LogP contribution is 2.42. The maximum absolute atomic E-state index is 13.5. The lowest BCUT2D eigenvalue weighted by atomic mass is 10.1. The SMILES string of the molecule is COc1ccc(NC(=O)/C(C#N)=C2\S[C@@H](Cc3ccc(C)cc3)C(=O)N2c2ccccc2)cc1. The van der Waals surface area contributed by atoms with Gasteiger partial charge in [0.1, 0.15) is 22.4 Å². The topological polar surface area (TPSA) is 82.4 Å². The summed E-state index contributed by atoms with van der Waals surface area (Å²) in [7, 11) is 1.56. The highest BCUT2D eigenvalue weighted by molar-refractivity contribution is 8.05. The van der Waals surface area contributed by atoms with Crippen molar-refractivity contribution >= 4 is 35.0 Å². The molecule has 2 amide bonds. The number of nitrogens with one attached hydrogen (secondary N) is 1. The zero-order valence-corrected chi connectivity index (χ0v) is 19.6. The Bertz CT molecular complexity index is 1260. The average Bonchev–Trinajstić information content (AvgIpc) is 3.17. The summed E-state index contributed by atoms with van der Waals surface area (Å²) in [4.78, 5) is 28.1. The highest BCUT2D eigenvalue weighted by Gasteiger charge is 2.40. The summed E-state index contributed by atoms with van der Waals surface area (Å²) in [6, 6.07) is 26.0. The fourth-order valence-corrected chi connectivity index (χ4v) is 4.91. The predicted octanol–water partition coefficient (Wildman–Crippen LogP) is 5.07. The van der Waals surface area contributed by atoms with E-state index in [1.165, 1.54) is 16.7 Å². The minimum Gasteiger partial charge on any atom is -0.497 e. The minimum atomic E-state index is -0.570. The van der Waals surface area contributed by atoms with E-state index in [-0.39, 0.29) is 11.5 Å². The third-order valence-corrected chi connectivity index (χ3v) is 6.67. The van der Waals surface area contributed by atoms with E-state index >= 15 is 0 Å². The molecule has 7 heteroatoms. The van der Waals surface area contributed by atoms with Gasteiger partial charge < -0.3 is 10.1 Å². The Morgan fingerprint density at radius 2 is 1.74 bits per heavy atom. The fraction of sp³-hybridized carbons (Fsp3) is 0.148. The van der Waals surface area contributed by atoms with Crippen LogP contribution in [0.2, 0.25) is 0 Å². The van der Waals surface area contributed by atoms with Gasteiger partial charge in [-0.3, -0.25) is 14.5 Å². The minimum absolute atomic E-state index is 0.107. The molecular formula is C27H23N3O3S. The van der Waals surface area contributed by atoms with Gasteiger partial charge in [-0.15, -0.1) is 0 Å². The molecule has 6 nitrogen and oxygen atoms in total. The summed E-state index contributed by atoms with van der Waals surface area (Å²) >= 11 is 1.25. The number of para-hydroxylation sites is 1. The zero-order valence-electron chi connectivity index (χ0n) is 18.8. The smallest absolute Gasteiger partial charge is 0.269 e. The number of carbonyl (C=O) groups is 2. The molecule has 1 saturated heterocycles. The van der Waals surface area contributed by atoms with Crippen LogP contribution in [-0.2, 0) is 16.0 Å². The normalized spacial score (nSPS) is 16.7. The molecule has 1 aliphatic rings. The van der Waals surface area contributed by atoms with Gasteiger partial charge in [-0.1, -0.05) is 59.8 Å². The van der Waals surface area contributed by atoms with Gasteiger partial charge in [0.15, 0.2) is 0 Å². The molecule has 1 N–H and O–H groups in total. The lowest BCUT2D eigenvalue weighted by molar-refractivity contribution is -0.117. The van der Waals surface area contributed by atoms with Gasteiger partial charge >= 0.3 is 0 Å². The van der Waals surface area contributed by atoms with Crippen molar-refractivity contribution in [3.05, 3.63) is 101 Å². The van der Waals surface area contributed by atoms with Gasteiger partial charge in [-0.25, -0.2) is 0 Å². The lowest BCUT2D eigenvalue weighted by Gasteiger charge is -2.18. The molecule has 1 aliphatic heterocycles. The van der Waals surface area contributed by atoms with Gasteiger partial charge in [0.2, 0.25) is 5.91 Å². The zero-order chi connectivity index (χ0) is 24.1. The molecule has 1 heterocycles. The Balaban J connectivity index is 1.68. The number of carbonyl (C=O) groups excluding carboxylic acids is 2. The second-order valence-corrected chi connectivity index (χ2v) is 8.97. The molecule has 1 atom stereocenters. The Kier molecular flexibility index (Phi) is 7.00. The quantitative estimate of drug-likeness (QED) is 0.403. The van der Waals surface area contributed by atoms with Crippen LogP contribution in [0.15, 0.2) is 89.5 Å². The number of nitriles is 1. The van der Waals surface area contributed by atoms with Crippen LogP contribution < -0.4 is 15.0 Å². The van der Waals surface area contributed by atoms with Crippen molar-refractivity contribution in [3.8, 4) is 11.8 Å². The number of anilines is 2. The van der Waals surface area contributed by atoms with E-state index in [2.05, 4.69) is 5.32 Å². The second-order valence-electron chi connectivity index (χ2n) is 7.78. The fourth-order valence-electron chi connectivity index (χ4n) is 3.61. The first-order chi connectivity index (χ1) is 16.5. The number of hydrogen-bond acceptors (Lipinski definition) is 5. The van der Waals surface area contributed by atoms with Gasteiger partial charge in [-0.05, 0) is 55.3 Å². The van der Waals surface area contributed by atoms with E-state index in [0.29, 0.717) is 28.6 Å². The lowest BCUT2D eigenvalue weighted by Crippen LogP contribution is -2.30. The van der Waals surface area contributed by atoms with Crippen LogP contribution in [0.25, 0.3) is 0 Å². The maximum Gasteiger partial charge on any atom is 0.269 e. The van der Waals surface area contributed by atoms with Crippen LogP contribution in [0.4, 0.5) is 11.4 Å². The number of aryl methyl sites for hydroxylation is 1. The van der Waals surface area contributed by atoms with Gasteiger partial charge in [0.25, 0.3) is 5.91 Å². The molecule has 0 aromatic heterocycles. The molecule has 3 aromatic carbocycles. The van der Waals surface area contributed by atoms with Crippen LogP contribution in [0, 0.1) is 18.3 Å². The third kappa shape index (κ3) is 4.98. The first kappa shape index (κ1) is 23.1. The van der Waals surface area contributed by atoms with Crippen molar-refractivity contribution < 1.29 is 14.3 Å². The van der Waals surface area contributed by atoms with Crippen LogP contribution in [0.1, 0.15) is 11.1 Å². The van der Waals surface area contributed by atoms with Crippen molar-refractivity contribution in [2.75, 3.05) is 17.3 Å². The molecule has 0 saturated carbocycles. The Labute approximate surface area is 202 Å². The van der Waals surface area contributed by atoms with E-state index < -0.39 is 11.2 Å². The number of amides is 2. The molecular weight excluding hydrogens is 446 g/mol. The molecule has 34 heavy (non-hydrogen) atoms. The summed E-state index contributed by atoms with van der Waals surface area (Å²) in [6.45, 7) is 2.01. The summed E-state index contributed by atoms with van der Waals surface area (Å²) in [5.41, 5.74) is 3.20. The molecule has 0 unspecified atom stereocenters. The molecule has 0 aliphatic carbocycles. The van der Waals surface area contributed by atoms with Crippen LogP contribution in [0.5, 0.6) is 5.75 Å². The standard InChI is InChI=1S/C27H23N3O3S/c1-18-8-10-19(11-9-18)16-24-26(32)30(21-6-4-3-5-7-21)27(34-24)23(17-28)25(31)29-20-12-14-22(33-2)15-13-20/h3-15,24H,16H2,1-2H3,(H,29,31)/b27-23-/t24-/m0/s1. The number of nitrogens with zero attached hydrogens (tertiary/aromatic N) is 2. The van der Waals surface area contributed by atoms with E-state index in [1.54, 1.807) is 43.5 Å². The second kappa shape index (κ2) is 10.3. The molecule has 170 valence electrons. The first-order valence-electron chi connectivity index (χ1n) is 10.7. The van der Waals surface area contributed by atoms with Gasteiger partial charge in [0, 0.05) is 11.4 Å². The molecule has 0 spiro atoms. The van der Waals surface area contributed by atoms with Crippen molar-refractivity contribution in [1.82, 2.24) is 0 Å². The highest BCUT2D eigenvalue weighted by atomic mass is 32.2. The Morgan fingerprint density at radius 1 is 1.06 bits per heavy atom. The number of ether oxygens (including phenoxy) is 1. The molecule has 3 aromatic rings. The van der Waals surface area contributed by atoms with Crippen molar-refractivity contribution in [3.63, 3.8) is 0 Å². The van der Waals surface area contributed by atoms with Crippen molar-refractivity contribution in [2.45, 2.75) is 18.6 Å². The summed E-state index contributed by atoms with van der Waals surface area (Å²) < 4.78 is 5.14. The average molecular weight is 470 g/mol. The monoisotopic (exact) mass is 469 g/mol. The summed E-state index contributed by atoms with van der Waals surface area (Å²) in [5, 5.41) is 12.6. The van der Waals surface area contributed by atoms with Gasteiger partial charge in [0.05, 0.1) is 12.4 Å². The number of benzene rings is 3. The van der Waals surface area contributed by atoms with E-state index in [9.17, 15) is 14.9 Å². The van der Waals surface area contributed by atoms with Gasteiger partial charge in [-0.2, -0.15) is 5.26 Å². The van der Waals surface area contributed by atoms with E-state index in [4.69, 9.17) is 4.74 Å². The number of hydrogen-bond donors (Lipinski definition) is 1.